The fraction of sp³-hybridized carbons (Fsp3) is 0.0882. The van der Waals surface area contributed by atoms with Gasteiger partial charge in [-0.2, -0.15) is 0 Å². The number of halogens is 4. The number of ketones is 4. The van der Waals surface area contributed by atoms with Crippen LogP contribution in [0.2, 0.25) is 0 Å². The minimum atomic E-state index is -2.86. The summed E-state index contributed by atoms with van der Waals surface area (Å²) in [5.74, 6) is -14.4. The fourth-order valence-electron chi connectivity index (χ4n) is 10.9. The van der Waals surface area contributed by atoms with Gasteiger partial charge in [-0.05, 0) is 70.8 Å². The maximum Gasteiger partial charge on any atom is 0.367 e. The number of thiophene rings is 4. The molecule has 0 spiro atoms. The summed E-state index contributed by atoms with van der Waals surface area (Å²) in [4.78, 5) is 118. The lowest BCUT2D eigenvalue weighted by Gasteiger charge is -2.33. The second-order valence-electron chi connectivity index (χ2n) is 20.8. The van der Waals surface area contributed by atoms with Crippen LogP contribution in [0.3, 0.4) is 0 Å². The molecule has 2 aliphatic heterocycles. The average molecular weight is 1280 g/mol. The fourth-order valence-corrected chi connectivity index (χ4v) is 16.1. The Kier molecular flexibility index (Phi) is 14.3. The molecular weight excluding hydrogens is 1240 g/mol. The zero-order valence-electron chi connectivity index (χ0n) is 45.9. The second kappa shape index (κ2) is 22.4. The van der Waals surface area contributed by atoms with Crippen molar-refractivity contribution in [3.05, 3.63) is 258 Å². The second-order valence-corrected chi connectivity index (χ2v) is 25.0. The highest BCUT2D eigenvalue weighted by Crippen LogP contribution is 2.65. The SMILES string of the molecule is O=C1C(=Cc2cc3c(s2)-c2sc4c5c(sc4c2OC3(C(=O)OCc2ccccc2)C(=O)OCc2ccccc2)-c2sc(C=C3C(=O)c4cc(F)c(F)cc4C3=O)cc2C(C(=O)OCc2ccccc2)(C(=O)OCc2ccccc2)O5)C(=O)c2cc(F)c(F)cc21. The molecule has 14 nitrogen and oxygen atoms in total. The van der Waals surface area contributed by atoms with Crippen LogP contribution in [0.5, 0.6) is 11.5 Å². The number of carbonyl (C=O) groups excluding carboxylic acids is 8. The van der Waals surface area contributed by atoms with Crippen LogP contribution in [0, 0.1) is 23.3 Å². The van der Waals surface area contributed by atoms with Crippen LogP contribution in [-0.2, 0) is 75.8 Å². The number of Topliss-reactive ketones (excluding diaryl/α,β-unsaturated/α-hetero) is 4. The van der Waals surface area contributed by atoms with Crippen molar-refractivity contribution in [1.82, 2.24) is 0 Å². The Morgan fingerprint density at radius 2 is 0.644 bits per heavy atom. The minimum Gasteiger partial charge on any atom is -0.457 e. The van der Waals surface area contributed by atoms with E-state index in [1.54, 1.807) is 121 Å². The van der Waals surface area contributed by atoms with Gasteiger partial charge < -0.3 is 28.4 Å². The zero-order valence-corrected chi connectivity index (χ0v) is 49.1. The molecule has 4 aliphatic rings. The van der Waals surface area contributed by atoms with E-state index in [4.69, 9.17) is 28.4 Å². The van der Waals surface area contributed by atoms with E-state index >= 15 is 19.2 Å². The molecule has 0 saturated heterocycles. The van der Waals surface area contributed by atoms with Gasteiger partial charge in [0.25, 0.3) is 0 Å². The smallest absolute Gasteiger partial charge is 0.367 e. The quantitative estimate of drug-likeness (QED) is 0.0249. The Labute approximate surface area is 521 Å². The van der Waals surface area contributed by atoms with Crippen molar-refractivity contribution in [1.29, 1.82) is 0 Å². The summed E-state index contributed by atoms with van der Waals surface area (Å²) in [5, 5.41) is 0. The summed E-state index contributed by atoms with van der Waals surface area (Å²) >= 11 is 3.74. The molecule has 2 aliphatic carbocycles. The van der Waals surface area contributed by atoms with Gasteiger partial charge >= 0.3 is 35.1 Å². The van der Waals surface area contributed by atoms with E-state index in [9.17, 15) is 36.7 Å². The van der Waals surface area contributed by atoms with Crippen molar-refractivity contribution in [3.8, 4) is 31.0 Å². The largest absolute Gasteiger partial charge is 0.457 e. The molecule has 0 unspecified atom stereocenters. The summed E-state index contributed by atoms with van der Waals surface area (Å²) in [6.07, 6.45) is 2.34. The van der Waals surface area contributed by atoms with Crippen LogP contribution in [0.25, 0.3) is 41.1 Å². The maximum atomic E-state index is 15.4. The van der Waals surface area contributed by atoms with E-state index in [0.29, 0.717) is 46.5 Å². The summed E-state index contributed by atoms with van der Waals surface area (Å²) in [7, 11) is 0. The Bertz CT molecular complexity index is 4330. The van der Waals surface area contributed by atoms with E-state index in [2.05, 4.69) is 0 Å². The Hall–Kier alpha value is -10.3. The van der Waals surface area contributed by atoms with Crippen molar-refractivity contribution in [2.75, 3.05) is 0 Å². The molecular formula is C68H36F4O14S4. The van der Waals surface area contributed by atoms with Crippen molar-refractivity contribution >= 4 is 114 Å². The molecule has 10 aromatic rings. The Morgan fingerprint density at radius 1 is 0.378 bits per heavy atom. The standard InChI is InChI=1S/C68H36F4O14S4/c69-47-25-39-40(26-48(47)70)52(74)43(51(39)73)21-37-23-45-57(87-37)59-55(85-67(45,63(77)81-29-33-13-5-1-6-14-33)64(78)82-30-34-15-7-2-8-16-34)61-62(89-59)56-60(90-61)58-46(24-38(88-58)22-44-53(75)41-27-49(71)50(72)28-42(41)54(44)76)68(86-56,65(79)83-31-35-17-9-3-10-18-35)66(80)84-32-36-19-11-4-12-20-36/h1-28H,29-32H2. The first-order valence-electron chi connectivity index (χ1n) is 27.2. The number of rotatable bonds is 14. The molecule has 0 fully saturated rings. The molecule has 90 heavy (non-hydrogen) atoms. The molecule has 0 atom stereocenters. The van der Waals surface area contributed by atoms with Crippen LogP contribution in [0.15, 0.2) is 169 Å². The van der Waals surface area contributed by atoms with Crippen LogP contribution in [0.4, 0.5) is 17.6 Å². The van der Waals surface area contributed by atoms with Crippen molar-refractivity contribution < 1.29 is 84.3 Å². The summed E-state index contributed by atoms with van der Waals surface area (Å²) in [6, 6.07) is 39.3. The summed E-state index contributed by atoms with van der Waals surface area (Å²) < 4.78 is 96.5. The van der Waals surface area contributed by atoms with Gasteiger partial charge in [0, 0.05) is 43.1 Å². The zero-order chi connectivity index (χ0) is 62.3. The van der Waals surface area contributed by atoms with Crippen LogP contribution in [0.1, 0.15) is 84.6 Å². The lowest BCUT2D eigenvalue weighted by Crippen LogP contribution is -2.52. The van der Waals surface area contributed by atoms with Gasteiger partial charge in [0.2, 0.25) is 0 Å². The van der Waals surface area contributed by atoms with Gasteiger partial charge in [-0.3, -0.25) is 19.2 Å². The molecule has 0 radical (unpaired) electrons. The molecule has 14 rings (SSSR count). The molecule has 0 bridgehead atoms. The third-order valence-corrected chi connectivity index (χ3v) is 20.2. The number of ether oxygens (including phenoxy) is 6. The first-order chi connectivity index (χ1) is 43.5. The van der Waals surface area contributed by atoms with E-state index in [-0.39, 0.29) is 110 Å². The minimum absolute atomic E-state index is 0.0804. The van der Waals surface area contributed by atoms with E-state index in [1.165, 1.54) is 24.3 Å². The normalized spacial score (nSPS) is 14.5. The number of carbonyl (C=O) groups is 8. The molecule has 6 heterocycles. The number of hydrogen-bond acceptors (Lipinski definition) is 18. The van der Waals surface area contributed by atoms with Gasteiger partial charge in [-0.25, -0.2) is 36.7 Å². The molecule has 0 N–H and O–H groups in total. The summed E-state index contributed by atoms with van der Waals surface area (Å²) in [6.45, 7) is -1.52. The first kappa shape index (κ1) is 57.5. The molecule has 22 heteroatoms. The topological polar surface area (TPSA) is 192 Å². The lowest BCUT2D eigenvalue weighted by atomic mass is 9.90. The highest BCUT2D eigenvalue weighted by atomic mass is 32.1. The van der Waals surface area contributed by atoms with Crippen molar-refractivity contribution in [2.24, 2.45) is 0 Å². The lowest BCUT2D eigenvalue weighted by molar-refractivity contribution is -0.185. The molecule has 6 aromatic carbocycles. The van der Waals surface area contributed by atoms with Crippen LogP contribution >= 0.6 is 45.3 Å². The van der Waals surface area contributed by atoms with E-state index in [1.807, 2.05) is 0 Å². The van der Waals surface area contributed by atoms with Crippen molar-refractivity contribution in [2.45, 2.75) is 37.6 Å². The molecule has 0 saturated carbocycles. The third kappa shape index (κ3) is 9.48. The number of esters is 4. The number of allylic oxidation sites excluding steroid dienone is 2. The van der Waals surface area contributed by atoms with E-state index in [0.717, 1.165) is 45.3 Å². The number of hydrogen-bond donors (Lipinski definition) is 0. The highest BCUT2D eigenvalue weighted by Gasteiger charge is 2.62. The summed E-state index contributed by atoms with van der Waals surface area (Å²) in [5.41, 5.74) is -6.50. The Morgan fingerprint density at radius 3 is 0.911 bits per heavy atom. The number of benzene rings is 6. The van der Waals surface area contributed by atoms with Gasteiger partial charge in [-0.15, -0.1) is 45.3 Å². The van der Waals surface area contributed by atoms with Crippen molar-refractivity contribution in [3.63, 3.8) is 0 Å². The van der Waals surface area contributed by atoms with Crippen LogP contribution < -0.4 is 9.47 Å². The van der Waals surface area contributed by atoms with Gasteiger partial charge in [0.1, 0.15) is 26.4 Å². The van der Waals surface area contributed by atoms with Gasteiger partial charge in [0.05, 0.1) is 40.1 Å². The number of fused-ring (bicyclic) bond motifs is 11. The average Bonchev–Trinajstić information content (AvgIpc) is 1.51. The Balaban J connectivity index is 0.972. The predicted molar refractivity (Wildman–Crippen MR) is 322 cm³/mol. The van der Waals surface area contributed by atoms with Gasteiger partial charge in [-0.1, -0.05) is 121 Å². The highest BCUT2D eigenvalue weighted by molar-refractivity contribution is 7.35. The van der Waals surface area contributed by atoms with Crippen LogP contribution in [-0.4, -0.2) is 47.0 Å². The third-order valence-electron chi connectivity index (χ3n) is 15.3. The maximum absolute atomic E-state index is 15.4. The van der Waals surface area contributed by atoms with Gasteiger partial charge in [0.15, 0.2) is 57.9 Å². The molecule has 0 amide bonds. The first-order valence-corrected chi connectivity index (χ1v) is 30.5. The molecule has 4 aromatic heterocycles. The predicted octanol–water partition coefficient (Wildman–Crippen LogP) is 14.1. The monoisotopic (exact) mass is 1280 g/mol. The van der Waals surface area contributed by atoms with E-state index < -0.39 is 92.6 Å². The molecule has 444 valence electrons.